The first-order valence-electron chi connectivity index (χ1n) is 5.68. The Balaban J connectivity index is 2.21. The molecule has 82 valence electrons. The van der Waals surface area contributed by atoms with Crippen LogP contribution < -0.4 is 5.73 Å². The summed E-state index contributed by atoms with van der Waals surface area (Å²) in [7, 11) is 0. The zero-order valence-electron chi connectivity index (χ0n) is 9.33. The summed E-state index contributed by atoms with van der Waals surface area (Å²) in [4.78, 5) is 0. The summed E-state index contributed by atoms with van der Waals surface area (Å²) >= 11 is 0. The van der Waals surface area contributed by atoms with E-state index in [-0.39, 0.29) is 5.41 Å². The maximum absolute atomic E-state index is 5.76. The topological polar surface area (TPSA) is 35.2 Å². The van der Waals surface area contributed by atoms with Crippen LogP contribution in [-0.2, 0) is 16.7 Å². The van der Waals surface area contributed by atoms with Crippen LogP contribution in [0, 0.1) is 0 Å². The van der Waals surface area contributed by atoms with Crippen molar-refractivity contribution in [2.75, 3.05) is 13.2 Å². The van der Waals surface area contributed by atoms with E-state index >= 15 is 0 Å². The number of ether oxygens (including phenoxy) is 1. The van der Waals surface area contributed by atoms with Crippen LogP contribution in [0.25, 0.3) is 0 Å². The lowest BCUT2D eigenvalue weighted by Crippen LogP contribution is -2.18. The third-order valence-corrected chi connectivity index (χ3v) is 3.24. The lowest BCUT2D eigenvalue weighted by Gasteiger charge is -2.18. The zero-order valence-corrected chi connectivity index (χ0v) is 9.33. The molecule has 15 heavy (non-hydrogen) atoms. The monoisotopic (exact) mass is 205 g/mol. The maximum atomic E-state index is 5.76. The molecule has 2 rings (SSSR count). The van der Waals surface area contributed by atoms with Crippen molar-refractivity contribution in [3.63, 3.8) is 0 Å². The van der Waals surface area contributed by atoms with Crippen LogP contribution in [0.3, 0.4) is 0 Å². The van der Waals surface area contributed by atoms with Gasteiger partial charge < -0.3 is 10.5 Å². The van der Waals surface area contributed by atoms with Gasteiger partial charge in [0.25, 0.3) is 0 Å². The van der Waals surface area contributed by atoms with E-state index in [0.29, 0.717) is 6.54 Å². The molecule has 2 nitrogen and oxygen atoms in total. The van der Waals surface area contributed by atoms with Crippen LogP contribution in [0.5, 0.6) is 0 Å². The van der Waals surface area contributed by atoms with E-state index in [9.17, 15) is 0 Å². The zero-order chi connectivity index (χ0) is 10.7. The van der Waals surface area contributed by atoms with E-state index in [2.05, 4.69) is 24.3 Å². The van der Waals surface area contributed by atoms with Crippen LogP contribution in [0.4, 0.5) is 0 Å². The molecule has 1 fully saturated rings. The third kappa shape index (κ3) is 2.06. The fourth-order valence-corrected chi connectivity index (χ4v) is 2.16. The van der Waals surface area contributed by atoms with Gasteiger partial charge in [0.05, 0.1) is 6.61 Å². The minimum Gasteiger partial charge on any atom is -0.381 e. The van der Waals surface area contributed by atoms with E-state index in [0.717, 1.165) is 13.2 Å². The Labute approximate surface area is 91.4 Å². The van der Waals surface area contributed by atoms with Crippen LogP contribution >= 0.6 is 0 Å². The Morgan fingerprint density at radius 3 is 2.67 bits per heavy atom. The second-order valence-electron chi connectivity index (χ2n) is 4.28. The lowest BCUT2D eigenvalue weighted by molar-refractivity contribution is 0.125. The number of rotatable bonds is 5. The Morgan fingerprint density at radius 1 is 1.33 bits per heavy atom. The molecule has 0 unspecified atom stereocenters. The summed E-state index contributed by atoms with van der Waals surface area (Å²) in [6, 6.07) is 8.48. The van der Waals surface area contributed by atoms with E-state index in [1.54, 1.807) is 0 Å². The first kappa shape index (κ1) is 10.7. The van der Waals surface area contributed by atoms with Gasteiger partial charge in [0.2, 0.25) is 0 Å². The Kier molecular flexibility index (Phi) is 3.08. The molecule has 1 aliphatic carbocycles. The largest absolute Gasteiger partial charge is 0.381 e. The molecule has 0 bridgehead atoms. The van der Waals surface area contributed by atoms with Crippen LogP contribution in [0.15, 0.2) is 24.3 Å². The molecule has 1 aromatic rings. The van der Waals surface area contributed by atoms with Crippen molar-refractivity contribution in [2.24, 2.45) is 5.73 Å². The van der Waals surface area contributed by atoms with Crippen molar-refractivity contribution in [2.45, 2.75) is 31.7 Å². The molecule has 0 aliphatic heterocycles. The van der Waals surface area contributed by atoms with Gasteiger partial charge in [-0.2, -0.15) is 0 Å². The number of benzene rings is 1. The molecular weight excluding hydrogens is 186 g/mol. The van der Waals surface area contributed by atoms with Gasteiger partial charge in [-0.05, 0) is 30.9 Å². The predicted octanol–water partition coefficient (Wildman–Crippen LogP) is 2.21. The fraction of sp³-hybridized carbons (Fsp3) is 0.538. The summed E-state index contributed by atoms with van der Waals surface area (Å²) in [6.07, 6.45) is 2.48. The highest BCUT2D eigenvalue weighted by Crippen LogP contribution is 2.49. The van der Waals surface area contributed by atoms with Crippen molar-refractivity contribution < 1.29 is 4.74 Å². The Bertz CT molecular complexity index is 331. The van der Waals surface area contributed by atoms with Gasteiger partial charge in [-0.1, -0.05) is 24.3 Å². The van der Waals surface area contributed by atoms with Crippen LogP contribution in [-0.4, -0.2) is 13.2 Å². The van der Waals surface area contributed by atoms with Crippen molar-refractivity contribution in [1.29, 1.82) is 0 Å². The second-order valence-corrected chi connectivity index (χ2v) is 4.28. The van der Waals surface area contributed by atoms with E-state index < -0.39 is 0 Å². The maximum Gasteiger partial charge on any atom is 0.0562 e. The molecule has 0 radical (unpaired) electrons. The molecule has 1 aliphatic rings. The lowest BCUT2D eigenvalue weighted by atomic mass is 9.92. The van der Waals surface area contributed by atoms with Crippen molar-refractivity contribution >= 4 is 0 Å². The molecule has 0 atom stereocenters. The normalized spacial score (nSPS) is 17.7. The first-order chi connectivity index (χ1) is 7.32. The van der Waals surface area contributed by atoms with Crippen molar-refractivity contribution in [1.82, 2.24) is 0 Å². The van der Waals surface area contributed by atoms with Crippen LogP contribution in [0.1, 0.15) is 30.9 Å². The smallest absolute Gasteiger partial charge is 0.0562 e. The molecule has 0 heterocycles. The highest BCUT2D eigenvalue weighted by atomic mass is 16.5. The minimum atomic E-state index is 0.284. The molecule has 1 saturated carbocycles. The fourth-order valence-electron chi connectivity index (χ4n) is 2.16. The van der Waals surface area contributed by atoms with Gasteiger partial charge in [-0.25, -0.2) is 0 Å². The van der Waals surface area contributed by atoms with Gasteiger partial charge in [0.1, 0.15) is 0 Å². The quantitative estimate of drug-likeness (QED) is 0.800. The SMILES string of the molecule is CCOCC1(c2ccccc2CN)CC1. The number of nitrogens with two attached hydrogens (primary N) is 1. The summed E-state index contributed by atoms with van der Waals surface area (Å²) in [5.41, 5.74) is 8.72. The van der Waals surface area contributed by atoms with E-state index in [4.69, 9.17) is 10.5 Å². The minimum absolute atomic E-state index is 0.284. The summed E-state index contributed by atoms with van der Waals surface area (Å²) in [5, 5.41) is 0. The number of hydrogen-bond donors (Lipinski definition) is 1. The van der Waals surface area contributed by atoms with Crippen molar-refractivity contribution in [3.8, 4) is 0 Å². The van der Waals surface area contributed by atoms with Gasteiger partial charge in [0, 0.05) is 18.6 Å². The first-order valence-corrected chi connectivity index (χ1v) is 5.68. The molecule has 2 heteroatoms. The highest BCUT2D eigenvalue weighted by molar-refractivity contribution is 5.38. The Morgan fingerprint density at radius 2 is 2.07 bits per heavy atom. The van der Waals surface area contributed by atoms with E-state index in [1.165, 1.54) is 24.0 Å². The van der Waals surface area contributed by atoms with Gasteiger partial charge in [0.15, 0.2) is 0 Å². The van der Waals surface area contributed by atoms with Gasteiger partial charge >= 0.3 is 0 Å². The van der Waals surface area contributed by atoms with Crippen LogP contribution in [0.2, 0.25) is 0 Å². The summed E-state index contributed by atoms with van der Waals surface area (Å²) in [6.45, 7) is 4.32. The average molecular weight is 205 g/mol. The second kappa shape index (κ2) is 4.33. The summed E-state index contributed by atoms with van der Waals surface area (Å²) in [5.74, 6) is 0. The Hall–Kier alpha value is -0.860. The number of hydrogen-bond acceptors (Lipinski definition) is 2. The summed E-state index contributed by atoms with van der Waals surface area (Å²) < 4.78 is 5.57. The van der Waals surface area contributed by atoms with Gasteiger partial charge in [-0.3, -0.25) is 0 Å². The molecule has 0 spiro atoms. The van der Waals surface area contributed by atoms with E-state index in [1.807, 2.05) is 6.92 Å². The van der Waals surface area contributed by atoms with Gasteiger partial charge in [-0.15, -0.1) is 0 Å². The highest BCUT2D eigenvalue weighted by Gasteiger charge is 2.45. The molecule has 1 aromatic carbocycles. The predicted molar refractivity (Wildman–Crippen MR) is 61.7 cm³/mol. The third-order valence-electron chi connectivity index (χ3n) is 3.24. The standard InChI is InChI=1S/C13H19NO/c1-2-15-10-13(7-8-13)12-6-4-3-5-11(12)9-14/h3-6H,2,7-10,14H2,1H3. The molecule has 0 amide bonds. The molecule has 2 N–H and O–H groups in total. The molecular formula is C13H19NO. The molecule has 0 aromatic heterocycles. The average Bonchev–Trinajstić information content (AvgIpc) is 3.07. The molecule has 0 saturated heterocycles. The van der Waals surface area contributed by atoms with Crippen molar-refractivity contribution in [3.05, 3.63) is 35.4 Å².